The van der Waals surface area contributed by atoms with Crippen LogP contribution in [0.4, 0.5) is 0 Å². The molecule has 1 aromatic carbocycles. The fraction of sp³-hybridized carbons (Fsp3) is 0.708. The number of hydrogen-bond acceptors (Lipinski definition) is 5. The largest absolute Gasteiger partial charge is 0.497 e. The molecule has 0 bridgehead atoms. The second kappa shape index (κ2) is 12.9. The third kappa shape index (κ3) is 7.66. The third-order valence-corrected chi connectivity index (χ3v) is 6.36. The van der Waals surface area contributed by atoms with Crippen LogP contribution in [-0.4, -0.2) is 100 Å². The zero-order chi connectivity index (χ0) is 21.9. The Labute approximate surface area is 188 Å². The Bertz CT molecular complexity index is 676. The SMILES string of the molecule is CCNC(=NCC(c1cccc(OC)c1)N1CCCC1)NCCN1CCCN(C)CC1. The predicted molar refractivity (Wildman–Crippen MR) is 129 cm³/mol. The molecule has 2 fully saturated rings. The van der Waals surface area contributed by atoms with E-state index in [4.69, 9.17) is 9.73 Å². The second-order valence-electron chi connectivity index (χ2n) is 8.68. The summed E-state index contributed by atoms with van der Waals surface area (Å²) >= 11 is 0. The standard InChI is InChI=1S/C24H42N6O/c1-4-25-24(26-11-16-29-13-8-12-28(2)17-18-29)27-20-23(30-14-5-6-15-30)21-9-7-10-22(19-21)31-3/h7,9-10,19,23H,4-6,8,11-18,20H2,1-3H3,(H2,25,26,27). The Kier molecular flexibility index (Phi) is 9.90. The van der Waals surface area contributed by atoms with Crippen LogP contribution in [0.1, 0.15) is 37.8 Å². The van der Waals surface area contributed by atoms with Gasteiger partial charge in [0.1, 0.15) is 5.75 Å². The molecule has 0 spiro atoms. The molecule has 3 rings (SSSR count). The average Bonchev–Trinajstić information content (AvgIpc) is 3.23. The van der Waals surface area contributed by atoms with Gasteiger partial charge in [0.25, 0.3) is 0 Å². The molecule has 2 saturated heterocycles. The smallest absolute Gasteiger partial charge is 0.191 e. The lowest BCUT2D eigenvalue weighted by Gasteiger charge is -2.27. The molecule has 1 aromatic rings. The van der Waals surface area contributed by atoms with Crippen molar-refractivity contribution in [1.82, 2.24) is 25.3 Å². The Morgan fingerprint density at radius 1 is 1.06 bits per heavy atom. The first-order chi connectivity index (χ1) is 15.2. The first kappa shape index (κ1) is 23.8. The van der Waals surface area contributed by atoms with Crippen LogP contribution in [0.25, 0.3) is 0 Å². The van der Waals surface area contributed by atoms with E-state index in [9.17, 15) is 0 Å². The molecule has 31 heavy (non-hydrogen) atoms. The number of ether oxygens (including phenoxy) is 1. The van der Waals surface area contributed by atoms with Crippen LogP contribution >= 0.6 is 0 Å². The number of methoxy groups -OCH3 is 1. The van der Waals surface area contributed by atoms with Gasteiger partial charge >= 0.3 is 0 Å². The zero-order valence-corrected chi connectivity index (χ0v) is 19.8. The predicted octanol–water partition coefficient (Wildman–Crippen LogP) is 2.02. The first-order valence-electron chi connectivity index (χ1n) is 12.0. The van der Waals surface area contributed by atoms with E-state index in [1.807, 2.05) is 6.07 Å². The van der Waals surface area contributed by atoms with Gasteiger partial charge in [-0.3, -0.25) is 9.89 Å². The molecule has 0 aliphatic carbocycles. The van der Waals surface area contributed by atoms with E-state index in [0.717, 1.165) is 64.1 Å². The van der Waals surface area contributed by atoms with E-state index < -0.39 is 0 Å². The molecule has 2 heterocycles. The Balaban J connectivity index is 1.60. The summed E-state index contributed by atoms with van der Waals surface area (Å²) in [5.74, 6) is 1.83. The van der Waals surface area contributed by atoms with Crippen molar-refractivity contribution < 1.29 is 4.74 Å². The molecule has 0 saturated carbocycles. The highest BCUT2D eigenvalue weighted by atomic mass is 16.5. The summed E-state index contributed by atoms with van der Waals surface area (Å²) in [6, 6.07) is 8.75. The summed E-state index contributed by atoms with van der Waals surface area (Å²) in [7, 11) is 3.95. The molecule has 2 aliphatic heterocycles. The molecule has 1 atom stereocenters. The molecule has 0 amide bonds. The van der Waals surface area contributed by atoms with Crippen LogP contribution in [0.3, 0.4) is 0 Å². The van der Waals surface area contributed by atoms with Crippen molar-refractivity contribution in [3.05, 3.63) is 29.8 Å². The number of aliphatic imine (C=N–C) groups is 1. The quantitative estimate of drug-likeness (QED) is 0.462. The maximum absolute atomic E-state index is 5.47. The van der Waals surface area contributed by atoms with Crippen molar-refractivity contribution in [2.45, 2.75) is 32.2 Å². The number of likely N-dealkylation sites (tertiary alicyclic amines) is 1. The van der Waals surface area contributed by atoms with Gasteiger partial charge in [0.2, 0.25) is 0 Å². The van der Waals surface area contributed by atoms with Crippen molar-refractivity contribution in [1.29, 1.82) is 0 Å². The molecule has 7 heteroatoms. The molecule has 2 N–H and O–H groups in total. The lowest BCUT2D eigenvalue weighted by atomic mass is 10.1. The molecular weight excluding hydrogens is 388 g/mol. The fourth-order valence-electron chi connectivity index (χ4n) is 4.51. The van der Waals surface area contributed by atoms with Crippen LogP contribution in [0.15, 0.2) is 29.3 Å². The number of benzene rings is 1. The maximum atomic E-state index is 5.47. The van der Waals surface area contributed by atoms with Gasteiger partial charge in [0.05, 0.1) is 19.7 Å². The van der Waals surface area contributed by atoms with Crippen LogP contribution < -0.4 is 15.4 Å². The number of rotatable bonds is 9. The van der Waals surface area contributed by atoms with Crippen molar-refractivity contribution in [3.63, 3.8) is 0 Å². The zero-order valence-electron chi connectivity index (χ0n) is 19.8. The summed E-state index contributed by atoms with van der Waals surface area (Å²) in [5.41, 5.74) is 1.29. The molecule has 7 nitrogen and oxygen atoms in total. The third-order valence-electron chi connectivity index (χ3n) is 6.36. The summed E-state index contributed by atoms with van der Waals surface area (Å²) in [6.45, 7) is 12.7. The van der Waals surface area contributed by atoms with E-state index in [0.29, 0.717) is 0 Å². The topological polar surface area (TPSA) is 55.4 Å². The van der Waals surface area contributed by atoms with E-state index in [2.05, 4.69) is 57.5 Å². The summed E-state index contributed by atoms with van der Waals surface area (Å²) in [4.78, 5) is 12.5. The summed E-state index contributed by atoms with van der Waals surface area (Å²) in [5, 5.41) is 6.99. The summed E-state index contributed by atoms with van der Waals surface area (Å²) in [6.07, 6.45) is 3.80. The maximum Gasteiger partial charge on any atom is 0.191 e. The lowest BCUT2D eigenvalue weighted by Crippen LogP contribution is -2.42. The minimum Gasteiger partial charge on any atom is -0.497 e. The van der Waals surface area contributed by atoms with Gasteiger partial charge < -0.3 is 25.2 Å². The highest BCUT2D eigenvalue weighted by molar-refractivity contribution is 5.79. The van der Waals surface area contributed by atoms with Crippen LogP contribution in [0.2, 0.25) is 0 Å². The van der Waals surface area contributed by atoms with Gasteiger partial charge in [-0.2, -0.15) is 0 Å². The fourth-order valence-corrected chi connectivity index (χ4v) is 4.51. The monoisotopic (exact) mass is 430 g/mol. The molecule has 1 unspecified atom stereocenters. The number of nitrogens with one attached hydrogen (secondary N) is 2. The number of hydrogen-bond donors (Lipinski definition) is 2. The summed E-state index contributed by atoms with van der Waals surface area (Å²) < 4.78 is 5.47. The van der Waals surface area contributed by atoms with Gasteiger partial charge in [-0.1, -0.05) is 12.1 Å². The van der Waals surface area contributed by atoms with Crippen molar-refractivity contribution in [2.24, 2.45) is 4.99 Å². The van der Waals surface area contributed by atoms with Gasteiger partial charge in [-0.15, -0.1) is 0 Å². The molecule has 0 radical (unpaired) electrons. The van der Waals surface area contributed by atoms with Gasteiger partial charge in [0.15, 0.2) is 5.96 Å². The molecular formula is C24H42N6O. The van der Waals surface area contributed by atoms with E-state index in [1.54, 1.807) is 7.11 Å². The van der Waals surface area contributed by atoms with Gasteiger partial charge in [0, 0.05) is 32.7 Å². The van der Waals surface area contributed by atoms with Crippen LogP contribution in [-0.2, 0) is 0 Å². The Morgan fingerprint density at radius 3 is 2.68 bits per heavy atom. The van der Waals surface area contributed by atoms with Gasteiger partial charge in [-0.05, 0) is 77.1 Å². The minimum atomic E-state index is 0.286. The highest BCUT2D eigenvalue weighted by Crippen LogP contribution is 2.27. The molecule has 174 valence electrons. The number of likely N-dealkylation sites (N-methyl/N-ethyl adjacent to an activating group) is 1. The van der Waals surface area contributed by atoms with Crippen LogP contribution in [0, 0.1) is 0 Å². The van der Waals surface area contributed by atoms with E-state index in [1.165, 1.54) is 37.9 Å². The van der Waals surface area contributed by atoms with Gasteiger partial charge in [-0.25, -0.2) is 0 Å². The molecule has 2 aliphatic rings. The van der Waals surface area contributed by atoms with E-state index >= 15 is 0 Å². The number of guanidine groups is 1. The lowest BCUT2D eigenvalue weighted by molar-refractivity contribution is 0.251. The van der Waals surface area contributed by atoms with Crippen molar-refractivity contribution >= 4 is 5.96 Å². The first-order valence-corrected chi connectivity index (χ1v) is 12.0. The minimum absolute atomic E-state index is 0.286. The van der Waals surface area contributed by atoms with E-state index in [-0.39, 0.29) is 6.04 Å². The van der Waals surface area contributed by atoms with Crippen LogP contribution in [0.5, 0.6) is 5.75 Å². The Morgan fingerprint density at radius 2 is 1.90 bits per heavy atom. The molecule has 0 aromatic heterocycles. The highest BCUT2D eigenvalue weighted by Gasteiger charge is 2.24. The number of nitrogens with zero attached hydrogens (tertiary/aromatic N) is 4. The average molecular weight is 431 g/mol. The van der Waals surface area contributed by atoms with Crippen molar-refractivity contribution in [2.75, 3.05) is 79.6 Å². The Hall–Kier alpha value is -1.83. The van der Waals surface area contributed by atoms with Crippen molar-refractivity contribution in [3.8, 4) is 5.75 Å². The normalized spacial score (nSPS) is 20.4. The second-order valence-corrected chi connectivity index (χ2v) is 8.68.